The molecule has 0 aliphatic heterocycles. The molecule has 4 N–H and O–H groups in total. The number of ether oxygens (including phenoxy) is 1. The third-order valence-corrected chi connectivity index (χ3v) is 3.72. The number of benzene rings is 1. The van der Waals surface area contributed by atoms with Crippen molar-refractivity contribution in [1.82, 2.24) is 19.9 Å². The van der Waals surface area contributed by atoms with Crippen molar-refractivity contribution >= 4 is 46.1 Å². The van der Waals surface area contributed by atoms with Gasteiger partial charge in [0.05, 0.1) is 22.6 Å². The Bertz CT molecular complexity index is 957. The predicted molar refractivity (Wildman–Crippen MR) is 91.1 cm³/mol. The van der Waals surface area contributed by atoms with E-state index in [2.05, 4.69) is 25.3 Å². The van der Waals surface area contributed by atoms with Gasteiger partial charge in [0.1, 0.15) is 11.8 Å². The number of fused-ring (bicyclic) bond motifs is 1. The highest BCUT2D eigenvalue weighted by Gasteiger charge is 2.22. The van der Waals surface area contributed by atoms with Crippen LogP contribution >= 0.6 is 11.6 Å². The number of anilines is 2. The lowest BCUT2D eigenvalue weighted by atomic mass is 10.2. The monoisotopic (exact) mass is 360 g/mol. The molecule has 0 saturated heterocycles. The normalized spacial score (nSPS) is 11.9. The molecule has 0 bridgehead atoms. The highest BCUT2D eigenvalue weighted by Crippen LogP contribution is 2.23. The summed E-state index contributed by atoms with van der Waals surface area (Å²) in [5, 5.41) is 2.79. The molecule has 25 heavy (non-hydrogen) atoms. The van der Waals surface area contributed by atoms with Crippen LogP contribution in [0.25, 0.3) is 11.2 Å². The molecule has 1 amide bonds. The van der Waals surface area contributed by atoms with Gasteiger partial charge in [-0.25, -0.2) is 19.7 Å². The highest BCUT2D eigenvalue weighted by atomic mass is 35.5. The van der Waals surface area contributed by atoms with Gasteiger partial charge in [-0.3, -0.25) is 4.79 Å². The minimum absolute atomic E-state index is 0.0881. The second kappa shape index (κ2) is 6.73. The van der Waals surface area contributed by atoms with E-state index in [0.29, 0.717) is 11.2 Å². The number of nitrogens with zero attached hydrogens (tertiary/aromatic N) is 3. The van der Waals surface area contributed by atoms with Crippen LogP contribution in [0.15, 0.2) is 30.9 Å². The van der Waals surface area contributed by atoms with Crippen molar-refractivity contribution in [2.45, 2.75) is 13.0 Å². The molecule has 1 aromatic carbocycles. The third-order valence-electron chi connectivity index (χ3n) is 3.39. The topological polar surface area (TPSA) is 136 Å². The van der Waals surface area contributed by atoms with E-state index < -0.39 is 18.0 Å². The summed E-state index contributed by atoms with van der Waals surface area (Å²) in [5.41, 5.74) is 6.80. The number of nitrogen functional groups attached to an aromatic ring is 1. The summed E-state index contributed by atoms with van der Waals surface area (Å²) < 4.78 is 5.14. The van der Waals surface area contributed by atoms with Gasteiger partial charge in [0.2, 0.25) is 0 Å². The zero-order chi connectivity index (χ0) is 18.0. The minimum Gasteiger partial charge on any atom is -0.449 e. The molecule has 0 fully saturated rings. The van der Waals surface area contributed by atoms with Crippen molar-refractivity contribution in [3.05, 3.63) is 41.4 Å². The third kappa shape index (κ3) is 3.36. The summed E-state index contributed by atoms with van der Waals surface area (Å²) >= 11 is 5.87. The molecule has 0 aliphatic rings. The molecule has 0 unspecified atom stereocenters. The van der Waals surface area contributed by atoms with E-state index in [1.54, 1.807) is 12.1 Å². The van der Waals surface area contributed by atoms with Gasteiger partial charge in [-0.1, -0.05) is 17.7 Å². The van der Waals surface area contributed by atoms with E-state index in [-0.39, 0.29) is 22.1 Å². The Hall–Kier alpha value is -3.20. The summed E-state index contributed by atoms with van der Waals surface area (Å²) in [6.07, 6.45) is 1.61. The number of aromatic nitrogens is 4. The van der Waals surface area contributed by atoms with E-state index in [1.165, 1.54) is 25.6 Å². The van der Waals surface area contributed by atoms with Gasteiger partial charge in [-0.2, -0.15) is 0 Å². The van der Waals surface area contributed by atoms with Gasteiger partial charge in [-0.15, -0.1) is 0 Å². The number of esters is 1. The number of H-pyrrole nitrogens is 1. The summed E-state index contributed by atoms with van der Waals surface area (Å²) in [6, 6.07) is 4.58. The van der Waals surface area contributed by atoms with Crippen molar-refractivity contribution in [3.63, 3.8) is 0 Å². The quantitative estimate of drug-likeness (QED) is 0.476. The molecule has 0 radical (unpaired) electrons. The lowest BCUT2D eigenvalue weighted by Gasteiger charge is -2.14. The number of hydrogen-bond acceptors (Lipinski definition) is 7. The van der Waals surface area contributed by atoms with Crippen molar-refractivity contribution in [1.29, 1.82) is 0 Å². The largest absolute Gasteiger partial charge is 0.449 e. The van der Waals surface area contributed by atoms with E-state index in [4.69, 9.17) is 22.1 Å². The van der Waals surface area contributed by atoms with Crippen molar-refractivity contribution in [3.8, 4) is 0 Å². The van der Waals surface area contributed by atoms with Crippen LogP contribution in [0, 0.1) is 0 Å². The molecule has 1 atom stereocenters. The zero-order valence-corrected chi connectivity index (χ0v) is 13.7. The maximum atomic E-state index is 12.3. The molecule has 3 aromatic rings. The van der Waals surface area contributed by atoms with E-state index in [0.717, 1.165) is 0 Å². The summed E-state index contributed by atoms with van der Waals surface area (Å²) in [6.45, 7) is 1.43. The van der Waals surface area contributed by atoms with Crippen LogP contribution in [0.3, 0.4) is 0 Å². The van der Waals surface area contributed by atoms with Crippen molar-refractivity contribution in [2.75, 3.05) is 11.1 Å². The fraction of sp³-hybridized carbons (Fsp3) is 0.133. The average Bonchev–Trinajstić information content (AvgIpc) is 3.06. The average molecular weight is 361 g/mol. The summed E-state index contributed by atoms with van der Waals surface area (Å²) in [4.78, 5) is 39.1. The number of amides is 1. The number of imidazole rings is 1. The lowest BCUT2D eigenvalue weighted by Crippen LogP contribution is -2.30. The smallest absolute Gasteiger partial charge is 0.341 e. The lowest BCUT2D eigenvalue weighted by molar-refractivity contribution is -0.123. The Morgan fingerprint density at radius 1 is 1.32 bits per heavy atom. The Balaban J connectivity index is 1.71. The number of nitrogens with two attached hydrogens (primary N) is 1. The van der Waals surface area contributed by atoms with Crippen LogP contribution in [-0.2, 0) is 9.53 Å². The van der Waals surface area contributed by atoms with Gasteiger partial charge < -0.3 is 20.8 Å². The molecule has 0 aliphatic carbocycles. The van der Waals surface area contributed by atoms with Crippen LogP contribution in [0.1, 0.15) is 17.3 Å². The fourth-order valence-corrected chi connectivity index (χ4v) is 2.25. The highest BCUT2D eigenvalue weighted by molar-refractivity contribution is 6.33. The summed E-state index contributed by atoms with van der Waals surface area (Å²) in [7, 11) is 0. The molecule has 128 valence electrons. The first-order valence-corrected chi connectivity index (χ1v) is 7.55. The van der Waals surface area contributed by atoms with Gasteiger partial charge in [0, 0.05) is 0 Å². The first kappa shape index (κ1) is 16.7. The Kier molecular flexibility index (Phi) is 4.48. The van der Waals surface area contributed by atoms with E-state index >= 15 is 0 Å². The van der Waals surface area contributed by atoms with E-state index in [9.17, 15) is 9.59 Å². The molecule has 10 heteroatoms. The molecule has 3 rings (SSSR count). The number of carbonyl (C=O) groups excluding carboxylic acids is 2. The summed E-state index contributed by atoms with van der Waals surface area (Å²) in [5.74, 6) is -1.08. The number of rotatable bonds is 4. The van der Waals surface area contributed by atoms with Crippen molar-refractivity contribution < 1.29 is 14.3 Å². The predicted octanol–water partition coefficient (Wildman–Crippen LogP) is 1.77. The Morgan fingerprint density at radius 3 is 2.92 bits per heavy atom. The second-order valence-electron chi connectivity index (χ2n) is 5.06. The standard InChI is InChI=1S/C15H13ClN6O3/c1-7(25-15(24)8-3-2-4-9(16)10(8)17)14(23)22-13-11-12(19-5-18-11)20-6-21-13/h2-7H,17H2,1H3,(H2,18,19,20,21,22,23)/t7-/m0/s1. The molecule has 9 nitrogen and oxygen atoms in total. The molecular formula is C15H13ClN6O3. The number of carbonyl (C=O) groups is 2. The van der Waals surface area contributed by atoms with Crippen LogP contribution in [0.2, 0.25) is 5.02 Å². The Labute approximate surface area is 146 Å². The number of nitrogens with one attached hydrogen (secondary N) is 2. The SMILES string of the molecule is C[C@H](OC(=O)c1cccc(Cl)c1N)C(=O)Nc1ncnc2nc[nH]c12. The van der Waals surface area contributed by atoms with E-state index in [1.807, 2.05) is 0 Å². The van der Waals surface area contributed by atoms with Gasteiger partial charge in [-0.05, 0) is 19.1 Å². The van der Waals surface area contributed by atoms with Gasteiger partial charge in [0.15, 0.2) is 17.6 Å². The molecule has 2 heterocycles. The van der Waals surface area contributed by atoms with Crippen LogP contribution in [0.4, 0.5) is 11.5 Å². The van der Waals surface area contributed by atoms with Gasteiger partial charge >= 0.3 is 5.97 Å². The van der Waals surface area contributed by atoms with Crippen LogP contribution < -0.4 is 11.1 Å². The molecule has 0 spiro atoms. The maximum absolute atomic E-state index is 12.3. The number of aromatic amines is 1. The second-order valence-corrected chi connectivity index (χ2v) is 5.47. The van der Waals surface area contributed by atoms with Crippen LogP contribution in [0.5, 0.6) is 0 Å². The van der Waals surface area contributed by atoms with Crippen molar-refractivity contribution in [2.24, 2.45) is 0 Å². The number of halogens is 1. The molecule has 0 saturated carbocycles. The fourth-order valence-electron chi connectivity index (χ4n) is 2.07. The number of hydrogen-bond donors (Lipinski definition) is 3. The zero-order valence-electron chi connectivity index (χ0n) is 13.0. The molecular weight excluding hydrogens is 348 g/mol. The molecule has 2 aromatic heterocycles. The first-order chi connectivity index (χ1) is 12.0. The minimum atomic E-state index is -1.08. The van der Waals surface area contributed by atoms with Crippen LogP contribution in [-0.4, -0.2) is 37.9 Å². The first-order valence-electron chi connectivity index (χ1n) is 7.17. The van der Waals surface area contributed by atoms with Gasteiger partial charge in [0.25, 0.3) is 5.91 Å². The number of para-hydroxylation sites is 1. The Morgan fingerprint density at radius 2 is 2.12 bits per heavy atom. The maximum Gasteiger partial charge on any atom is 0.341 e.